The molecule has 1 aromatic heterocycles. The predicted octanol–water partition coefficient (Wildman–Crippen LogP) is 4.29. The normalized spacial score (nSPS) is 14.7. The van der Waals surface area contributed by atoms with E-state index in [4.69, 9.17) is 4.74 Å². The van der Waals surface area contributed by atoms with Crippen molar-refractivity contribution in [3.63, 3.8) is 0 Å². The number of benzene rings is 1. The van der Waals surface area contributed by atoms with Gasteiger partial charge >= 0.3 is 0 Å². The summed E-state index contributed by atoms with van der Waals surface area (Å²) < 4.78 is 18.2. The van der Waals surface area contributed by atoms with Gasteiger partial charge in [0.05, 0.1) is 13.2 Å². The molecule has 0 spiro atoms. The summed E-state index contributed by atoms with van der Waals surface area (Å²) in [5.41, 5.74) is 0.792. The molecule has 7 heteroatoms. The van der Waals surface area contributed by atoms with E-state index in [-0.39, 0.29) is 11.7 Å². The van der Waals surface area contributed by atoms with Gasteiger partial charge in [0, 0.05) is 19.1 Å². The van der Waals surface area contributed by atoms with Crippen LogP contribution in [-0.4, -0.2) is 36.4 Å². The molecule has 1 fully saturated rings. The molecule has 3 rings (SSSR count). The van der Waals surface area contributed by atoms with Gasteiger partial charge in [0.25, 0.3) is 0 Å². The Balaban J connectivity index is 1.70. The molecule has 1 aromatic carbocycles. The second kappa shape index (κ2) is 9.19. The van der Waals surface area contributed by atoms with E-state index in [0.717, 1.165) is 12.0 Å². The summed E-state index contributed by atoms with van der Waals surface area (Å²) in [4.78, 5) is 14.4. The third kappa shape index (κ3) is 4.86. The van der Waals surface area contributed by atoms with Crippen molar-refractivity contribution in [2.24, 2.45) is 5.92 Å². The van der Waals surface area contributed by atoms with Crippen molar-refractivity contribution in [1.82, 2.24) is 10.2 Å². The molecule has 0 N–H and O–H groups in total. The van der Waals surface area contributed by atoms with E-state index in [9.17, 15) is 9.18 Å². The van der Waals surface area contributed by atoms with Crippen molar-refractivity contribution in [2.45, 2.75) is 38.5 Å². The Kier molecular flexibility index (Phi) is 6.68. The lowest BCUT2D eigenvalue weighted by atomic mass is 10.0. The molecule has 1 saturated carbocycles. The van der Waals surface area contributed by atoms with Gasteiger partial charge in [0.15, 0.2) is 0 Å². The van der Waals surface area contributed by atoms with Crippen LogP contribution in [-0.2, 0) is 9.53 Å². The summed E-state index contributed by atoms with van der Waals surface area (Å²) in [6, 6.07) is 6.12. The van der Waals surface area contributed by atoms with Crippen LogP contribution < -0.4 is 4.90 Å². The molecule has 1 aliphatic carbocycles. The zero-order valence-corrected chi connectivity index (χ0v) is 15.8. The summed E-state index contributed by atoms with van der Waals surface area (Å²) in [6.07, 6.45) is 6.50. The van der Waals surface area contributed by atoms with Gasteiger partial charge in [-0.2, -0.15) is 0 Å². The summed E-state index contributed by atoms with van der Waals surface area (Å²) >= 11 is 1.34. The third-order valence-electron chi connectivity index (χ3n) is 4.80. The van der Waals surface area contributed by atoms with Gasteiger partial charge in [-0.3, -0.25) is 9.69 Å². The number of nitrogens with zero attached hydrogens (tertiary/aromatic N) is 3. The maximum atomic E-state index is 13.1. The van der Waals surface area contributed by atoms with Crippen molar-refractivity contribution in [1.29, 1.82) is 0 Å². The third-order valence-corrected chi connectivity index (χ3v) is 5.79. The first kappa shape index (κ1) is 18.9. The molecule has 26 heavy (non-hydrogen) atoms. The summed E-state index contributed by atoms with van der Waals surface area (Å²) in [6.45, 7) is 0.901. The van der Waals surface area contributed by atoms with Crippen LogP contribution in [0.3, 0.4) is 0 Å². The van der Waals surface area contributed by atoms with Crippen LogP contribution in [0.15, 0.2) is 24.3 Å². The largest absolute Gasteiger partial charge is 0.383 e. The molecule has 0 atom stereocenters. The van der Waals surface area contributed by atoms with Crippen LogP contribution in [0, 0.1) is 11.7 Å². The van der Waals surface area contributed by atoms with E-state index in [1.807, 2.05) is 0 Å². The molecule has 0 unspecified atom stereocenters. The Labute approximate surface area is 157 Å². The smallest absolute Gasteiger partial charge is 0.228 e. The number of hydrogen-bond donors (Lipinski definition) is 0. The molecule has 2 aromatic rings. The van der Waals surface area contributed by atoms with Gasteiger partial charge in [-0.05, 0) is 36.6 Å². The van der Waals surface area contributed by atoms with E-state index in [2.05, 4.69) is 10.2 Å². The van der Waals surface area contributed by atoms with Crippen LogP contribution in [0.4, 0.5) is 9.52 Å². The highest BCUT2D eigenvalue weighted by Gasteiger charge is 2.22. The lowest BCUT2D eigenvalue weighted by molar-refractivity contribution is -0.119. The van der Waals surface area contributed by atoms with Crippen LogP contribution in [0.1, 0.15) is 38.5 Å². The number of rotatable bonds is 8. The first-order chi connectivity index (χ1) is 12.7. The molecule has 0 aliphatic heterocycles. The fourth-order valence-electron chi connectivity index (χ4n) is 3.30. The van der Waals surface area contributed by atoms with Crippen molar-refractivity contribution < 1.29 is 13.9 Å². The second-order valence-corrected chi connectivity index (χ2v) is 7.58. The van der Waals surface area contributed by atoms with Gasteiger partial charge in [0.1, 0.15) is 10.8 Å². The molecular weight excluding hydrogens is 353 g/mol. The highest BCUT2D eigenvalue weighted by molar-refractivity contribution is 7.18. The molecule has 0 radical (unpaired) electrons. The van der Waals surface area contributed by atoms with E-state index in [0.29, 0.717) is 35.6 Å². The lowest BCUT2D eigenvalue weighted by Gasteiger charge is -2.19. The SMILES string of the molecule is COCCN(C(=O)CCC1CCCC1)c1nnc(-c2ccc(F)cc2)s1. The number of ether oxygens (including phenoxy) is 1. The van der Waals surface area contributed by atoms with Gasteiger partial charge in [-0.1, -0.05) is 37.0 Å². The number of hydrogen-bond acceptors (Lipinski definition) is 5. The maximum absolute atomic E-state index is 13.1. The van der Waals surface area contributed by atoms with Crippen LogP contribution in [0.5, 0.6) is 0 Å². The Morgan fingerprint density at radius 1 is 1.27 bits per heavy atom. The van der Waals surface area contributed by atoms with Gasteiger partial charge < -0.3 is 4.74 Å². The van der Waals surface area contributed by atoms with Crippen LogP contribution in [0.2, 0.25) is 0 Å². The van der Waals surface area contributed by atoms with Crippen molar-refractivity contribution in [2.75, 3.05) is 25.2 Å². The van der Waals surface area contributed by atoms with Gasteiger partial charge in [-0.15, -0.1) is 10.2 Å². The average Bonchev–Trinajstić information content (AvgIpc) is 3.33. The second-order valence-electron chi connectivity index (χ2n) is 6.62. The number of halogens is 1. The van der Waals surface area contributed by atoms with Gasteiger partial charge in [-0.25, -0.2) is 4.39 Å². The van der Waals surface area contributed by atoms with Gasteiger partial charge in [0.2, 0.25) is 11.0 Å². The quantitative estimate of drug-likeness (QED) is 0.688. The lowest BCUT2D eigenvalue weighted by Crippen LogP contribution is -2.34. The van der Waals surface area contributed by atoms with E-state index >= 15 is 0 Å². The monoisotopic (exact) mass is 377 g/mol. The molecule has 1 heterocycles. The Morgan fingerprint density at radius 2 is 2.00 bits per heavy atom. The topological polar surface area (TPSA) is 55.3 Å². The number of carbonyl (C=O) groups is 1. The van der Waals surface area contributed by atoms with Crippen molar-refractivity contribution in [3.8, 4) is 10.6 Å². The standard InChI is InChI=1S/C19H24FN3O2S/c1-25-13-12-23(17(24)11-6-14-4-2-3-5-14)19-22-21-18(26-19)15-7-9-16(20)10-8-15/h7-10,14H,2-6,11-13H2,1H3. The molecule has 0 bridgehead atoms. The Morgan fingerprint density at radius 3 is 2.69 bits per heavy atom. The zero-order chi connectivity index (χ0) is 18.4. The highest BCUT2D eigenvalue weighted by Crippen LogP contribution is 2.31. The predicted molar refractivity (Wildman–Crippen MR) is 101 cm³/mol. The molecular formula is C19H24FN3O2S. The first-order valence-electron chi connectivity index (χ1n) is 9.06. The molecule has 0 saturated heterocycles. The highest BCUT2D eigenvalue weighted by atomic mass is 32.1. The zero-order valence-electron chi connectivity index (χ0n) is 15.0. The molecule has 5 nitrogen and oxygen atoms in total. The summed E-state index contributed by atoms with van der Waals surface area (Å²) in [5, 5.41) is 9.61. The number of anilines is 1. The van der Waals surface area contributed by atoms with E-state index < -0.39 is 0 Å². The molecule has 140 valence electrons. The number of carbonyl (C=O) groups excluding carboxylic acids is 1. The van der Waals surface area contributed by atoms with E-state index in [1.165, 1.54) is 49.2 Å². The minimum atomic E-state index is -0.290. The van der Waals surface area contributed by atoms with Crippen LogP contribution in [0.25, 0.3) is 10.6 Å². The molecule has 1 aliphatic rings. The number of aromatic nitrogens is 2. The van der Waals surface area contributed by atoms with E-state index in [1.54, 1.807) is 24.1 Å². The summed E-state index contributed by atoms with van der Waals surface area (Å²) in [5.74, 6) is 0.450. The minimum absolute atomic E-state index is 0.0655. The average molecular weight is 377 g/mol. The summed E-state index contributed by atoms with van der Waals surface area (Å²) in [7, 11) is 1.62. The minimum Gasteiger partial charge on any atom is -0.383 e. The fraction of sp³-hybridized carbons (Fsp3) is 0.526. The van der Waals surface area contributed by atoms with Crippen molar-refractivity contribution in [3.05, 3.63) is 30.1 Å². The Bertz CT molecular complexity index is 714. The molecule has 1 amide bonds. The Hall–Kier alpha value is -1.86. The number of amides is 1. The van der Waals surface area contributed by atoms with Crippen LogP contribution >= 0.6 is 11.3 Å². The van der Waals surface area contributed by atoms with Crippen molar-refractivity contribution >= 4 is 22.4 Å². The first-order valence-corrected chi connectivity index (χ1v) is 9.88. The maximum Gasteiger partial charge on any atom is 0.228 e. The number of methoxy groups -OCH3 is 1. The fourth-order valence-corrected chi connectivity index (χ4v) is 4.20.